The van der Waals surface area contributed by atoms with E-state index >= 15 is 0 Å². The number of rotatable bonds is 5. The van der Waals surface area contributed by atoms with Crippen molar-refractivity contribution < 1.29 is 4.79 Å². The molecule has 1 amide bonds. The maximum absolute atomic E-state index is 12.3. The zero-order valence-electron chi connectivity index (χ0n) is 12.4. The second-order valence-electron chi connectivity index (χ2n) is 5.87. The SMILES string of the molecule is CC[C@]1(CC(=O)N[C@H](C)c2ccc(Cl)cc2)[C@@H](C)C1(Cl)Cl. The molecule has 21 heavy (non-hydrogen) atoms. The molecule has 1 fully saturated rings. The lowest BCUT2D eigenvalue weighted by Crippen LogP contribution is -2.30. The maximum Gasteiger partial charge on any atom is 0.221 e. The number of amides is 1. The van der Waals surface area contributed by atoms with Crippen LogP contribution in [0.25, 0.3) is 0 Å². The third-order valence-electron chi connectivity index (χ3n) is 4.81. The van der Waals surface area contributed by atoms with Crippen molar-refractivity contribution >= 4 is 40.7 Å². The van der Waals surface area contributed by atoms with Crippen molar-refractivity contribution in [3.05, 3.63) is 34.9 Å². The largest absolute Gasteiger partial charge is 0.350 e. The summed E-state index contributed by atoms with van der Waals surface area (Å²) in [6.45, 7) is 5.98. The number of nitrogens with one attached hydrogen (secondary N) is 1. The zero-order valence-corrected chi connectivity index (χ0v) is 14.7. The Morgan fingerprint density at radius 1 is 1.33 bits per heavy atom. The molecule has 2 rings (SSSR count). The van der Waals surface area contributed by atoms with Gasteiger partial charge in [-0.1, -0.05) is 37.6 Å². The van der Waals surface area contributed by atoms with Crippen molar-refractivity contribution in [3.63, 3.8) is 0 Å². The summed E-state index contributed by atoms with van der Waals surface area (Å²) in [6.07, 6.45) is 1.15. The normalized spacial score (nSPS) is 28.0. The minimum absolute atomic E-state index is 0.0191. The van der Waals surface area contributed by atoms with Crippen LogP contribution in [0.2, 0.25) is 5.02 Å². The van der Waals surface area contributed by atoms with Gasteiger partial charge in [-0.3, -0.25) is 4.79 Å². The van der Waals surface area contributed by atoms with E-state index in [9.17, 15) is 4.79 Å². The highest BCUT2D eigenvalue weighted by atomic mass is 35.5. The second kappa shape index (κ2) is 5.98. The lowest BCUT2D eigenvalue weighted by atomic mass is 9.95. The van der Waals surface area contributed by atoms with Crippen LogP contribution < -0.4 is 5.32 Å². The van der Waals surface area contributed by atoms with Crippen molar-refractivity contribution in [2.75, 3.05) is 0 Å². The third-order valence-corrected chi connectivity index (χ3v) is 6.47. The molecule has 1 N–H and O–H groups in total. The zero-order chi connectivity index (χ0) is 15.8. The van der Waals surface area contributed by atoms with E-state index in [1.807, 2.05) is 45.0 Å². The highest BCUT2D eigenvalue weighted by Crippen LogP contribution is 2.72. The van der Waals surface area contributed by atoms with E-state index in [1.165, 1.54) is 0 Å². The Kier molecular flexibility index (Phi) is 4.82. The minimum Gasteiger partial charge on any atom is -0.350 e. The third kappa shape index (κ3) is 3.04. The molecule has 0 bridgehead atoms. The van der Waals surface area contributed by atoms with Crippen molar-refractivity contribution in [1.82, 2.24) is 5.32 Å². The smallest absolute Gasteiger partial charge is 0.221 e. The summed E-state index contributed by atoms with van der Waals surface area (Å²) < 4.78 is -0.789. The molecule has 5 heteroatoms. The van der Waals surface area contributed by atoms with Gasteiger partial charge in [0.2, 0.25) is 5.91 Å². The van der Waals surface area contributed by atoms with Gasteiger partial charge in [-0.05, 0) is 37.0 Å². The summed E-state index contributed by atoms with van der Waals surface area (Å²) >= 11 is 18.5. The van der Waals surface area contributed by atoms with Crippen LogP contribution in [0, 0.1) is 11.3 Å². The van der Waals surface area contributed by atoms with E-state index in [1.54, 1.807) is 0 Å². The molecule has 116 valence electrons. The van der Waals surface area contributed by atoms with Crippen molar-refractivity contribution in [3.8, 4) is 0 Å². The van der Waals surface area contributed by atoms with Crippen LogP contribution in [0.4, 0.5) is 0 Å². The molecule has 0 spiro atoms. The van der Waals surface area contributed by atoms with Gasteiger partial charge in [-0.25, -0.2) is 0 Å². The lowest BCUT2D eigenvalue weighted by molar-refractivity contribution is -0.123. The lowest BCUT2D eigenvalue weighted by Gasteiger charge is -2.19. The summed E-state index contributed by atoms with van der Waals surface area (Å²) in [5.41, 5.74) is 0.713. The molecule has 0 unspecified atom stereocenters. The average molecular weight is 349 g/mol. The van der Waals surface area contributed by atoms with E-state index in [0.717, 1.165) is 12.0 Å². The van der Waals surface area contributed by atoms with Crippen molar-refractivity contribution in [2.24, 2.45) is 11.3 Å². The molecule has 0 aromatic heterocycles. The highest BCUT2D eigenvalue weighted by Gasteiger charge is 2.72. The Bertz CT molecular complexity index is 529. The molecular weight excluding hydrogens is 329 g/mol. The fourth-order valence-corrected chi connectivity index (χ4v) is 4.22. The molecule has 0 radical (unpaired) electrons. The van der Waals surface area contributed by atoms with Gasteiger partial charge in [0.1, 0.15) is 4.33 Å². The quantitative estimate of drug-likeness (QED) is 0.734. The van der Waals surface area contributed by atoms with Crippen LogP contribution in [0.3, 0.4) is 0 Å². The number of halogens is 3. The second-order valence-corrected chi connectivity index (χ2v) is 7.69. The van der Waals surface area contributed by atoms with E-state index in [-0.39, 0.29) is 23.3 Å². The van der Waals surface area contributed by atoms with Crippen LogP contribution >= 0.6 is 34.8 Å². The molecule has 0 aliphatic heterocycles. The Hall–Kier alpha value is -0.440. The fourth-order valence-electron chi connectivity index (χ4n) is 3.06. The molecule has 0 saturated heterocycles. The number of hydrogen-bond acceptors (Lipinski definition) is 1. The van der Waals surface area contributed by atoms with E-state index < -0.39 is 4.33 Å². The molecule has 1 saturated carbocycles. The summed E-state index contributed by atoms with van der Waals surface area (Å²) in [4.78, 5) is 12.3. The topological polar surface area (TPSA) is 29.1 Å². The van der Waals surface area contributed by atoms with Crippen LogP contribution in [0.15, 0.2) is 24.3 Å². The Balaban J connectivity index is 1.98. The first-order valence-electron chi connectivity index (χ1n) is 7.17. The molecular formula is C16H20Cl3NO. The van der Waals surface area contributed by atoms with Crippen LogP contribution in [-0.4, -0.2) is 10.2 Å². The first kappa shape index (κ1) is 16.9. The number of hydrogen-bond donors (Lipinski definition) is 1. The molecule has 1 aliphatic rings. The van der Waals surface area contributed by atoms with Gasteiger partial charge in [-0.15, -0.1) is 23.2 Å². The van der Waals surface area contributed by atoms with Gasteiger partial charge in [0.05, 0.1) is 6.04 Å². The number of carbonyl (C=O) groups is 1. The number of carbonyl (C=O) groups excluding carboxylic acids is 1. The van der Waals surface area contributed by atoms with Gasteiger partial charge >= 0.3 is 0 Å². The molecule has 3 atom stereocenters. The summed E-state index contributed by atoms with van der Waals surface area (Å²) in [7, 11) is 0. The average Bonchev–Trinajstić information content (AvgIpc) is 2.84. The summed E-state index contributed by atoms with van der Waals surface area (Å²) in [5.74, 6) is 0.115. The van der Waals surface area contributed by atoms with E-state index in [2.05, 4.69) is 5.32 Å². The predicted molar refractivity (Wildman–Crippen MR) is 89.0 cm³/mol. The molecule has 1 aliphatic carbocycles. The molecule has 1 aromatic carbocycles. The Morgan fingerprint density at radius 3 is 2.29 bits per heavy atom. The van der Waals surface area contributed by atoms with Crippen LogP contribution in [0.1, 0.15) is 45.2 Å². The Labute approximate surface area is 141 Å². The van der Waals surface area contributed by atoms with Crippen molar-refractivity contribution in [2.45, 2.75) is 44.0 Å². The predicted octanol–water partition coefficient (Wildman–Crippen LogP) is 5.13. The van der Waals surface area contributed by atoms with Gasteiger partial charge in [-0.2, -0.15) is 0 Å². The van der Waals surface area contributed by atoms with E-state index in [4.69, 9.17) is 34.8 Å². The maximum atomic E-state index is 12.3. The van der Waals surface area contributed by atoms with Gasteiger partial charge < -0.3 is 5.32 Å². The van der Waals surface area contributed by atoms with Crippen LogP contribution in [0.5, 0.6) is 0 Å². The first-order valence-corrected chi connectivity index (χ1v) is 8.30. The number of alkyl halides is 2. The Morgan fingerprint density at radius 2 is 1.86 bits per heavy atom. The number of benzene rings is 1. The highest BCUT2D eigenvalue weighted by molar-refractivity contribution is 6.52. The van der Waals surface area contributed by atoms with Gasteiger partial charge in [0, 0.05) is 16.9 Å². The standard InChI is InChI=1S/C16H20Cl3NO/c1-4-15(11(3)16(15,18)19)9-14(21)20-10(2)12-5-7-13(17)8-6-12/h5-8,10-11H,4,9H2,1-3H3,(H,20,21)/t10-,11-,15+/m1/s1. The van der Waals surface area contributed by atoms with Gasteiger partial charge in [0.25, 0.3) is 0 Å². The van der Waals surface area contributed by atoms with Crippen LogP contribution in [-0.2, 0) is 4.79 Å². The molecule has 2 nitrogen and oxygen atoms in total. The van der Waals surface area contributed by atoms with Crippen molar-refractivity contribution in [1.29, 1.82) is 0 Å². The first-order chi connectivity index (χ1) is 9.74. The summed E-state index contributed by atoms with van der Waals surface area (Å²) in [6, 6.07) is 7.39. The fraction of sp³-hybridized carbons (Fsp3) is 0.562. The molecule has 0 heterocycles. The minimum atomic E-state index is -0.789. The monoisotopic (exact) mass is 347 g/mol. The van der Waals surface area contributed by atoms with E-state index in [0.29, 0.717) is 11.4 Å². The van der Waals surface area contributed by atoms with Gasteiger partial charge in [0.15, 0.2) is 0 Å². The molecule has 1 aromatic rings. The summed E-state index contributed by atoms with van der Waals surface area (Å²) in [5, 5.41) is 3.69.